The minimum Gasteiger partial charge on any atom is -0.381 e. The molecule has 1 aromatic carbocycles. The third-order valence-electron chi connectivity index (χ3n) is 6.10. The van der Waals surface area contributed by atoms with E-state index in [0.717, 1.165) is 18.4 Å². The van der Waals surface area contributed by atoms with Crippen molar-refractivity contribution in [3.8, 4) is 0 Å². The molecule has 4 amide bonds. The van der Waals surface area contributed by atoms with Gasteiger partial charge < -0.3 is 26.4 Å². The molecular weight excluding hydrogens is 400 g/mol. The van der Waals surface area contributed by atoms with Crippen molar-refractivity contribution < 1.29 is 23.9 Å². The van der Waals surface area contributed by atoms with Crippen LogP contribution in [0.5, 0.6) is 0 Å². The highest BCUT2D eigenvalue weighted by Crippen LogP contribution is 2.25. The normalized spacial score (nSPS) is 21.1. The second-order valence-electron chi connectivity index (χ2n) is 8.21. The van der Waals surface area contributed by atoms with Gasteiger partial charge in [0.15, 0.2) is 0 Å². The summed E-state index contributed by atoms with van der Waals surface area (Å²) in [5.41, 5.74) is 11.8. The number of likely N-dealkylation sites (tertiary alicyclic amines) is 1. The Labute approximate surface area is 181 Å². The largest absolute Gasteiger partial charge is 0.381 e. The Hall–Kier alpha value is -2.94. The van der Waals surface area contributed by atoms with Gasteiger partial charge in [-0.3, -0.25) is 19.2 Å². The molecule has 2 aliphatic rings. The Kier molecular flexibility index (Phi) is 7.62. The predicted octanol–water partition coefficient (Wildman–Crippen LogP) is -0.282. The summed E-state index contributed by atoms with van der Waals surface area (Å²) >= 11 is 0. The van der Waals surface area contributed by atoms with Crippen LogP contribution in [0.4, 0.5) is 0 Å². The Balaban J connectivity index is 1.65. The number of aryl methyl sites for hydroxylation is 1. The minimum absolute atomic E-state index is 0.132. The number of amides is 4. The van der Waals surface area contributed by atoms with E-state index < -0.39 is 35.6 Å². The number of primary amides is 2. The highest BCUT2D eigenvalue weighted by atomic mass is 16.5. The minimum atomic E-state index is -1.03. The molecule has 9 heteroatoms. The summed E-state index contributed by atoms with van der Waals surface area (Å²) < 4.78 is 5.33. The van der Waals surface area contributed by atoms with Gasteiger partial charge in [0.25, 0.3) is 0 Å². The number of carbonyl (C=O) groups excluding carboxylic acids is 4. The van der Waals surface area contributed by atoms with Gasteiger partial charge in [0, 0.05) is 25.7 Å². The lowest BCUT2D eigenvalue weighted by Gasteiger charge is -2.45. The standard InChI is InChI=1S/C22H30N4O5/c23-19(27)12-17(20(24)28)16(7-6-14-4-2-1-3-5-14)21(29)25-18-13-26(22(18)30)15-8-10-31-11-9-15/h1-5,15-18H,6-13H2,(H2,23,27)(H2,24,28)(H,25,29)/t16?,17?,18-/m1/s1. The fraction of sp³-hybridized carbons (Fsp3) is 0.545. The van der Waals surface area contributed by atoms with E-state index in [-0.39, 0.29) is 18.4 Å². The highest BCUT2D eigenvalue weighted by Gasteiger charge is 2.43. The molecule has 0 aromatic heterocycles. The second-order valence-corrected chi connectivity index (χ2v) is 8.21. The van der Waals surface area contributed by atoms with Crippen molar-refractivity contribution in [2.75, 3.05) is 19.8 Å². The molecule has 5 N–H and O–H groups in total. The van der Waals surface area contributed by atoms with Crippen LogP contribution in [-0.2, 0) is 30.3 Å². The van der Waals surface area contributed by atoms with Crippen LogP contribution < -0.4 is 16.8 Å². The van der Waals surface area contributed by atoms with Crippen LogP contribution in [0, 0.1) is 11.8 Å². The summed E-state index contributed by atoms with van der Waals surface area (Å²) in [5.74, 6) is -3.92. The molecule has 1 aromatic rings. The molecule has 0 aliphatic carbocycles. The fourth-order valence-electron chi connectivity index (χ4n) is 4.30. The van der Waals surface area contributed by atoms with Crippen LogP contribution in [-0.4, -0.2) is 60.4 Å². The van der Waals surface area contributed by atoms with E-state index in [9.17, 15) is 19.2 Å². The van der Waals surface area contributed by atoms with Gasteiger partial charge in [0.2, 0.25) is 23.6 Å². The Morgan fingerprint density at radius 3 is 2.35 bits per heavy atom. The van der Waals surface area contributed by atoms with Gasteiger partial charge in [-0.1, -0.05) is 30.3 Å². The zero-order chi connectivity index (χ0) is 22.4. The number of hydrogen-bond donors (Lipinski definition) is 3. The van der Waals surface area contributed by atoms with Crippen molar-refractivity contribution in [3.63, 3.8) is 0 Å². The number of hydrogen-bond acceptors (Lipinski definition) is 5. The van der Waals surface area contributed by atoms with Crippen LogP contribution in [0.2, 0.25) is 0 Å². The van der Waals surface area contributed by atoms with Crippen molar-refractivity contribution in [2.24, 2.45) is 23.3 Å². The molecule has 0 saturated carbocycles. The number of nitrogens with one attached hydrogen (secondary N) is 1. The summed E-state index contributed by atoms with van der Waals surface area (Å²) in [6, 6.07) is 9.01. The molecule has 2 unspecified atom stereocenters. The quantitative estimate of drug-likeness (QED) is 0.437. The molecule has 31 heavy (non-hydrogen) atoms. The fourth-order valence-corrected chi connectivity index (χ4v) is 4.30. The number of β-lactam (4-membered cyclic amide) rings is 1. The van der Waals surface area contributed by atoms with E-state index in [1.807, 2.05) is 30.3 Å². The van der Waals surface area contributed by atoms with Crippen LogP contribution in [0.1, 0.15) is 31.2 Å². The molecule has 2 heterocycles. The van der Waals surface area contributed by atoms with E-state index in [1.165, 1.54) is 0 Å². The van der Waals surface area contributed by atoms with Crippen molar-refractivity contribution in [2.45, 2.75) is 44.2 Å². The molecular formula is C22H30N4O5. The molecule has 168 valence electrons. The smallest absolute Gasteiger partial charge is 0.247 e. The molecule has 2 fully saturated rings. The number of nitrogens with zero attached hydrogens (tertiary/aromatic N) is 1. The summed E-state index contributed by atoms with van der Waals surface area (Å²) in [4.78, 5) is 50.9. The summed E-state index contributed by atoms with van der Waals surface area (Å²) in [6.45, 7) is 1.68. The number of benzene rings is 1. The third-order valence-corrected chi connectivity index (χ3v) is 6.10. The van der Waals surface area contributed by atoms with Crippen LogP contribution in [0.25, 0.3) is 0 Å². The predicted molar refractivity (Wildman–Crippen MR) is 112 cm³/mol. The van der Waals surface area contributed by atoms with Gasteiger partial charge in [-0.05, 0) is 31.2 Å². The number of ether oxygens (including phenoxy) is 1. The Bertz CT molecular complexity index is 809. The number of rotatable bonds is 10. The van der Waals surface area contributed by atoms with Crippen molar-refractivity contribution in [1.29, 1.82) is 0 Å². The maximum atomic E-state index is 13.1. The Morgan fingerprint density at radius 1 is 1.10 bits per heavy atom. The first kappa shape index (κ1) is 22.7. The van der Waals surface area contributed by atoms with E-state index in [0.29, 0.717) is 32.6 Å². The summed E-state index contributed by atoms with van der Waals surface area (Å²) in [5, 5.41) is 2.76. The molecule has 3 rings (SSSR count). The summed E-state index contributed by atoms with van der Waals surface area (Å²) in [6.07, 6.45) is 2.09. The molecule has 3 atom stereocenters. The average molecular weight is 431 g/mol. The molecule has 2 aliphatic heterocycles. The molecule has 9 nitrogen and oxygen atoms in total. The zero-order valence-electron chi connectivity index (χ0n) is 17.5. The first-order valence-corrected chi connectivity index (χ1v) is 10.7. The zero-order valence-corrected chi connectivity index (χ0v) is 17.5. The molecule has 0 spiro atoms. The SMILES string of the molecule is NC(=O)CC(C(N)=O)C(CCc1ccccc1)C(=O)N[C@@H]1CN(C2CCOCC2)C1=O. The van der Waals surface area contributed by atoms with Crippen LogP contribution >= 0.6 is 0 Å². The van der Waals surface area contributed by atoms with Crippen molar-refractivity contribution in [3.05, 3.63) is 35.9 Å². The van der Waals surface area contributed by atoms with Crippen molar-refractivity contribution >= 4 is 23.6 Å². The molecule has 0 bridgehead atoms. The molecule has 2 saturated heterocycles. The summed E-state index contributed by atoms with van der Waals surface area (Å²) in [7, 11) is 0. The number of nitrogens with two attached hydrogens (primary N) is 2. The average Bonchev–Trinajstić information content (AvgIpc) is 2.76. The third kappa shape index (κ3) is 5.81. The lowest BCUT2D eigenvalue weighted by molar-refractivity contribution is -0.153. The van der Waals surface area contributed by atoms with Crippen molar-refractivity contribution in [1.82, 2.24) is 10.2 Å². The van der Waals surface area contributed by atoms with Gasteiger partial charge in [-0.15, -0.1) is 0 Å². The van der Waals surface area contributed by atoms with E-state index in [1.54, 1.807) is 4.90 Å². The van der Waals surface area contributed by atoms with Gasteiger partial charge >= 0.3 is 0 Å². The van der Waals surface area contributed by atoms with Gasteiger partial charge in [0.05, 0.1) is 18.4 Å². The maximum Gasteiger partial charge on any atom is 0.247 e. The first-order chi connectivity index (χ1) is 14.9. The first-order valence-electron chi connectivity index (χ1n) is 10.7. The van der Waals surface area contributed by atoms with E-state index in [2.05, 4.69) is 5.32 Å². The van der Waals surface area contributed by atoms with Gasteiger partial charge in [0.1, 0.15) is 6.04 Å². The van der Waals surface area contributed by atoms with Crippen LogP contribution in [0.15, 0.2) is 30.3 Å². The van der Waals surface area contributed by atoms with Gasteiger partial charge in [-0.25, -0.2) is 0 Å². The topological polar surface area (TPSA) is 145 Å². The lowest BCUT2D eigenvalue weighted by atomic mass is 9.83. The van der Waals surface area contributed by atoms with E-state index >= 15 is 0 Å². The number of carbonyl (C=O) groups is 4. The lowest BCUT2D eigenvalue weighted by Crippen LogP contribution is -2.67. The second kappa shape index (κ2) is 10.4. The van der Waals surface area contributed by atoms with Gasteiger partial charge in [-0.2, -0.15) is 0 Å². The van der Waals surface area contributed by atoms with Crippen LogP contribution in [0.3, 0.4) is 0 Å². The monoisotopic (exact) mass is 430 g/mol. The highest BCUT2D eigenvalue weighted by molar-refractivity contribution is 5.95. The maximum absolute atomic E-state index is 13.1. The molecule has 0 radical (unpaired) electrons. The Morgan fingerprint density at radius 2 is 1.77 bits per heavy atom. The van der Waals surface area contributed by atoms with E-state index in [4.69, 9.17) is 16.2 Å².